The molecule has 0 saturated carbocycles. The number of nitrogens with zero attached hydrogens (tertiary/aromatic N) is 1. The summed E-state index contributed by atoms with van der Waals surface area (Å²) in [6.45, 7) is 5.46. The van der Waals surface area contributed by atoms with E-state index in [1.54, 1.807) is 4.90 Å². The lowest BCUT2D eigenvalue weighted by molar-refractivity contribution is 0.0665. The molecule has 1 amide bonds. The summed E-state index contributed by atoms with van der Waals surface area (Å²) in [5.74, 6) is -0.0336. The standard InChI is InChI=1S/C14H19NO3/c1-10(2)15(5-6-16)14(17)11-3-4-12-8-18-9-13(12)7-11/h3-4,7,10,16H,5-6,8-9H2,1-2H3. The van der Waals surface area contributed by atoms with Crippen molar-refractivity contribution in [2.75, 3.05) is 13.2 Å². The second kappa shape index (κ2) is 5.50. The third-order valence-corrected chi connectivity index (χ3v) is 3.19. The highest BCUT2D eigenvalue weighted by Crippen LogP contribution is 2.21. The molecule has 1 aliphatic rings. The van der Waals surface area contributed by atoms with Gasteiger partial charge in [-0.2, -0.15) is 0 Å². The summed E-state index contributed by atoms with van der Waals surface area (Å²) in [5, 5.41) is 9.02. The van der Waals surface area contributed by atoms with Crippen LogP contribution < -0.4 is 0 Å². The summed E-state index contributed by atoms with van der Waals surface area (Å²) >= 11 is 0. The van der Waals surface area contributed by atoms with Crippen molar-refractivity contribution in [2.45, 2.75) is 33.1 Å². The van der Waals surface area contributed by atoms with Crippen molar-refractivity contribution in [1.29, 1.82) is 0 Å². The number of carbonyl (C=O) groups is 1. The van der Waals surface area contributed by atoms with Crippen molar-refractivity contribution < 1.29 is 14.6 Å². The van der Waals surface area contributed by atoms with Gasteiger partial charge < -0.3 is 14.7 Å². The van der Waals surface area contributed by atoms with E-state index in [9.17, 15) is 4.79 Å². The van der Waals surface area contributed by atoms with Gasteiger partial charge in [0.05, 0.1) is 19.8 Å². The number of hydrogen-bond acceptors (Lipinski definition) is 3. The molecule has 0 fully saturated rings. The SMILES string of the molecule is CC(C)N(CCO)C(=O)c1ccc2c(c1)COC2. The average Bonchev–Trinajstić information content (AvgIpc) is 2.81. The quantitative estimate of drug-likeness (QED) is 0.881. The van der Waals surface area contributed by atoms with Crippen LogP contribution in [0.1, 0.15) is 35.3 Å². The maximum atomic E-state index is 12.4. The Hall–Kier alpha value is -1.39. The van der Waals surface area contributed by atoms with Crippen LogP contribution in [-0.2, 0) is 18.0 Å². The summed E-state index contributed by atoms with van der Waals surface area (Å²) in [6, 6.07) is 5.77. The number of aliphatic hydroxyl groups is 1. The number of carbonyl (C=O) groups excluding carboxylic acids is 1. The Bertz CT molecular complexity index is 443. The summed E-state index contributed by atoms with van der Waals surface area (Å²) < 4.78 is 5.34. The predicted octanol–water partition coefficient (Wildman–Crippen LogP) is 1.56. The molecule has 18 heavy (non-hydrogen) atoms. The lowest BCUT2D eigenvalue weighted by atomic mass is 10.1. The van der Waals surface area contributed by atoms with Crippen LogP contribution in [0.3, 0.4) is 0 Å². The number of aliphatic hydroxyl groups excluding tert-OH is 1. The Morgan fingerprint density at radius 3 is 2.78 bits per heavy atom. The first-order valence-corrected chi connectivity index (χ1v) is 6.25. The molecule has 1 aromatic carbocycles. The molecular weight excluding hydrogens is 230 g/mol. The maximum Gasteiger partial charge on any atom is 0.254 e. The fourth-order valence-corrected chi connectivity index (χ4v) is 2.17. The van der Waals surface area contributed by atoms with E-state index in [0.717, 1.165) is 11.1 Å². The van der Waals surface area contributed by atoms with Crippen LogP contribution >= 0.6 is 0 Å². The van der Waals surface area contributed by atoms with Crippen LogP contribution in [0.15, 0.2) is 18.2 Å². The number of ether oxygens (including phenoxy) is 1. The second-order valence-electron chi connectivity index (χ2n) is 4.79. The van der Waals surface area contributed by atoms with Crippen LogP contribution in [0.2, 0.25) is 0 Å². The first kappa shape index (κ1) is 13.1. The molecule has 1 heterocycles. The first-order chi connectivity index (χ1) is 8.63. The topological polar surface area (TPSA) is 49.8 Å². The zero-order valence-electron chi connectivity index (χ0n) is 10.8. The van der Waals surface area contributed by atoms with Gasteiger partial charge in [-0.3, -0.25) is 4.79 Å². The lowest BCUT2D eigenvalue weighted by Crippen LogP contribution is -2.39. The maximum absolute atomic E-state index is 12.4. The smallest absolute Gasteiger partial charge is 0.254 e. The minimum Gasteiger partial charge on any atom is -0.395 e. The van der Waals surface area contributed by atoms with Crippen molar-refractivity contribution in [1.82, 2.24) is 4.90 Å². The molecule has 0 aromatic heterocycles. The van der Waals surface area contributed by atoms with Gasteiger partial charge in [-0.05, 0) is 37.1 Å². The highest BCUT2D eigenvalue weighted by molar-refractivity contribution is 5.94. The van der Waals surface area contributed by atoms with E-state index in [4.69, 9.17) is 9.84 Å². The third kappa shape index (κ3) is 2.54. The molecular formula is C14H19NO3. The summed E-state index contributed by atoms with van der Waals surface area (Å²) in [6.07, 6.45) is 0. The second-order valence-corrected chi connectivity index (χ2v) is 4.79. The number of rotatable bonds is 4. The highest BCUT2D eigenvalue weighted by atomic mass is 16.5. The van der Waals surface area contributed by atoms with Gasteiger partial charge in [-0.15, -0.1) is 0 Å². The van der Waals surface area contributed by atoms with Crippen LogP contribution in [0.5, 0.6) is 0 Å². The van der Waals surface area contributed by atoms with Crippen LogP contribution in [0.4, 0.5) is 0 Å². The molecule has 4 heteroatoms. The van der Waals surface area contributed by atoms with E-state index >= 15 is 0 Å². The van der Waals surface area contributed by atoms with E-state index in [0.29, 0.717) is 25.3 Å². The van der Waals surface area contributed by atoms with E-state index in [1.807, 2.05) is 32.0 Å². The Morgan fingerprint density at radius 1 is 1.39 bits per heavy atom. The minimum absolute atomic E-state index is 0.0159. The van der Waals surface area contributed by atoms with E-state index in [2.05, 4.69) is 0 Å². The first-order valence-electron chi connectivity index (χ1n) is 6.25. The van der Waals surface area contributed by atoms with Gasteiger partial charge in [0.15, 0.2) is 0 Å². The largest absolute Gasteiger partial charge is 0.395 e. The molecule has 1 N–H and O–H groups in total. The van der Waals surface area contributed by atoms with Gasteiger partial charge in [-0.25, -0.2) is 0 Å². The molecule has 0 unspecified atom stereocenters. The molecule has 0 atom stereocenters. The fraction of sp³-hybridized carbons (Fsp3) is 0.500. The van der Waals surface area contributed by atoms with Gasteiger partial charge in [0.25, 0.3) is 5.91 Å². The predicted molar refractivity (Wildman–Crippen MR) is 68.2 cm³/mol. The Morgan fingerprint density at radius 2 is 2.11 bits per heavy atom. The van der Waals surface area contributed by atoms with Crippen LogP contribution in [0.25, 0.3) is 0 Å². The number of benzene rings is 1. The van der Waals surface area contributed by atoms with Gasteiger partial charge in [0.1, 0.15) is 0 Å². The molecule has 1 aliphatic heterocycles. The summed E-state index contributed by atoms with van der Waals surface area (Å²) in [7, 11) is 0. The van der Waals surface area contributed by atoms with Gasteiger partial charge >= 0.3 is 0 Å². The minimum atomic E-state index is -0.0336. The monoisotopic (exact) mass is 249 g/mol. The molecule has 0 saturated heterocycles. The molecule has 4 nitrogen and oxygen atoms in total. The molecule has 0 spiro atoms. The van der Waals surface area contributed by atoms with E-state index in [1.165, 1.54) is 0 Å². The highest BCUT2D eigenvalue weighted by Gasteiger charge is 2.20. The molecule has 0 bridgehead atoms. The van der Waals surface area contributed by atoms with E-state index in [-0.39, 0.29) is 18.6 Å². The Kier molecular flexibility index (Phi) is 3.99. The summed E-state index contributed by atoms with van der Waals surface area (Å²) in [5.41, 5.74) is 2.92. The molecule has 2 rings (SSSR count). The zero-order chi connectivity index (χ0) is 13.1. The van der Waals surface area contributed by atoms with Crippen molar-refractivity contribution in [3.63, 3.8) is 0 Å². The lowest BCUT2D eigenvalue weighted by Gasteiger charge is -2.26. The van der Waals surface area contributed by atoms with Gasteiger partial charge in [-0.1, -0.05) is 6.07 Å². The van der Waals surface area contributed by atoms with Crippen LogP contribution in [-0.4, -0.2) is 35.1 Å². The molecule has 0 radical (unpaired) electrons. The van der Waals surface area contributed by atoms with Crippen molar-refractivity contribution in [3.05, 3.63) is 34.9 Å². The normalized spacial score (nSPS) is 13.8. The van der Waals surface area contributed by atoms with Gasteiger partial charge in [0, 0.05) is 18.2 Å². The van der Waals surface area contributed by atoms with Crippen molar-refractivity contribution >= 4 is 5.91 Å². The molecule has 1 aromatic rings. The Labute approximate surface area is 107 Å². The number of hydrogen-bond donors (Lipinski definition) is 1. The number of fused-ring (bicyclic) bond motifs is 1. The third-order valence-electron chi connectivity index (χ3n) is 3.19. The molecule has 0 aliphatic carbocycles. The Balaban J connectivity index is 2.22. The van der Waals surface area contributed by atoms with E-state index < -0.39 is 0 Å². The van der Waals surface area contributed by atoms with Crippen molar-refractivity contribution in [3.8, 4) is 0 Å². The zero-order valence-corrected chi connectivity index (χ0v) is 10.8. The van der Waals surface area contributed by atoms with Crippen LogP contribution in [0, 0.1) is 0 Å². The van der Waals surface area contributed by atoms with Gasteiger partial charge in [0.2, 0.25) is 0 Å². The number of amides is 1. The van der Waals surface area contributed by atoms with Crippen molar-refractivity contribution in [2.24, 2.45) is 0 Å². The average molecular weight is 249 g/mol. The summed E-state index contributed by atoms with van der Waals surface area (Å²) in [4.78, 5) is 14.0. The molecule has 98 valence electrons. The fourth-order valence-electron chi connectivity index (χ4n) is 2.17.